The molecule has 0 aliphatic heterocycles. The Labute approximate surface area is 106 Å². The van der Waals surface area contributed by atoms with Gasteiger partial charge in [0.05, 0.1) is 16.4 Å². The number of hydrogen-bond acceptors (Lipinski definition) is 2. The van der Waals surface area contributed by atoms with E-state index in [9.17, 15) is 17.4 Å². The monoisotopic (exact) mass is 277 g/mol. The molecule has 2 nitrogen and oxygen atoms in total. The first kappa shape index (κ1) is 13.5. The van der Waals surface area contributed by atoms with Gasteiger partial charge in [-0.2, -0.15) is 13.2 Å². The van der Waals surface area contributed by atoms with E-state index in [2.05, 4.69) is 0 Å². The van der Waals surface area contributed by atoms with Gasteiger partial charge in [0.15, 0.2) is 0 Å². The van der Waals surface area contributed by atoms with Gasteiger partial charge >= 0.3 is 6.18 Å². The van der Waals surface area contributed by atoms with Crippen LogP contribution in [0.3, 0.4) is 0 Å². The first-order chi connectivity index (χ1) is 8.38. The summed E-state index contributed by atoms with van der Waals surface area (Å²) in [6.07, 6.45) is -2.28. The summed E-state index contributed by atoms with van der Waals surface area (Å²) in [5.41, 5.74) is 4.97. The third-order valence-electron chi connectivity index (χ3n) is 3.12. The van der Waals surface area contributed by atoms with Gasteiger partial charge in [-0.1, -0.05) is 6.07 Å². The summed E-state index contributed by atoms with van der Waals surface area (Å²) in [6.45, 7) is 0. The second kappa shape index (κ2) is 5.01. The maximum Gasteiger partial charge on any atom is 0.416 e. The predicted octanol–water partition coefficient (Wildman–Crippen LogP) is 2.69. The molecule has 1 saturated carbocycles. The Kier molecular flexibility index (Phi) is 3.77. The summed E-state index contributed by atoms with van der Waals surface area (Å²) in [7, 11) is -1.40. The Hall–Kier alpha value is -0.880. The molecule has 100 valence electrons. The molecule has 0 aromatic heterocycles. The van der Waals surface area contributed by atoms with Crippen molar-refractivity contribution < 1.29 is 17.4 Å². The predicted molar refractivity (Wildman–Crippen MR) is 63.5 cm³/mol. The molecule has 1 fully saturated rings. The Morgan fingerprint density at radius 1 is 1.28 bits per heavy atom. The van der Waals surface area contributed by atoms with Gasteiger partial charge in [0, 0.05) is 16.2 Å². The fourth-order valence-electron chi connectivity index (χ4n) is 2.16. The van der Waals surface area contributed by atoms with Crippen LogP contribution in [-0.4, -0.2) is 15.5 Å². The van der Waals surface area contributed by atoms with Crippen molar-refractivity contribution in [1.82, 2.24) is 0 Å². The van der Waals surface area contributed by atoms with E-state index >= 15 is 0 Å². The second-order valence-electron chi connectivity index (χ2n) is 4.52. The molecule has 3 atom stereocenters. The first-order valence-corrected chi connectivity index (χ1v) is 6.92. The molecule has 0 spiro atoms. The zero-order chi connectivity index (χ0) is 13.3. The maximum absolute atomic E-state index is 12.6. The minimum absolute atomic E-state index is 0.0183. The highest BCUT2D eigenvalue weighted by Crippen LogP contribution is 2.32. The van der Waals surface area contributed by atoms with Crippen LogP contribution in [0.25, 0.3) is 0 Å². The van der Waals surface area contributed by atoms with Gasteiger partial charge in [0.25, 0.3) is 0 Å². The molecule has 1 aliphatic carbocycles. The molecule has 0 saturated heterocycles. The van der Waals surface area contributed by atoms with Crippen molar-refractivity contribution in [1.29, 1.82) is 0 Å². The van der Waals surface area contributed by atoms with Crippen LogP contribution in [0.5, 0.6) is 0 Å². The van der Waals surface area contributed by atoms with E-state index in [4.69, 9.17) is 5.73 Å². The molecule has 2 N–H and O–H groups in total. The Morgan fingerprint density at radius 3 is 2.56 bits per heavy atom. The lowest BCUT2D eigenvalue weighted by Gasteiger charge is -2.12. The molecular formula is C12H14F3NOS. The van der Waals surface area contributed by atoms with Gasteiger partial charge < -0.3 is 5.73 Å². The van der Waals surface area contributed by atoms with Crippen LogP contribution >= 0.6 is 0 Å². The van der Waals surface area contributed by atoms with Crippen molar-refractivity contribution in [2.75, 3.05) is 0 Å². The zero-order valence-corrected chi connectivity index (χ0v) is 10.4. The normalized spacial score (nSPS) is 26.2. The van der Waals surface area contributed by atoms with E-state index in [-0.39, 0.29) is 16.2 Å². The van der Waals surface area contributed by atoms with Crippen LogP contribution in [0, 0.1) is 0 Å². The van der Waals surface area contributed by atoms with Gasteiger partial charge in [-0.05, 0) is 37.5 Å². The highest BCUT2D eigenvalue weighted by atomic mass is 32.2. The molecule has 6 heteroatoms. The van der Waals surface area contributed by atoms with Crippen molar-refractivity contribution in [2.45, 2.75) is 41.6 Å². The van der Waals surface area contributed by atoms with Crippen LogP contribution in [0.4, 0.5) is 13.2 Å². The third kappa shape index (κ3) is 2.92. The molecule has 0 radical (unpaired) electrons. The summed E-state index contributed by atoms with van der Waals surface area (Å²) in [6, 6.07) is 4.76. The summed E-state index contributed by atoms with van der Waals surface area (Å²) in [4.78, 5) is 0.240. The number of benzene rings is 1. The van der Waals surface area contributed by atoms with Crippen LogP contribution in [0.2, 0.25) is 0 Å². The molecule has 0 heterocycles. The first-order valence-electron chi connectivity index (χ1n) is 5.71. The summed E-state index contributed by atoms with van der Waals surface area (Å²) in [5.74, 6) is 0. The largest absolute Gasteiger partial charge is 0.416 e. The topological polar surface area (TPSA) is 43.1 Å². The van der Waals surface area contributed by atoms with E-state index in [0.717, 1.165) is 18.6 Å². The van der Waals surface area contributed by atoms with Crippen LogP contribution in [0.1, 0.15) is 24.8 Å². The summed E-state index contributed by atoms with van der Waals surface area (Å²) >= 11 is 0. The van der Waals surface area contributed by atoms with Gasteiger partial charge in [-0.15, -0.1) is 0 Å². The fourth-order valence-corrected chi connectivity index (χ4v) is 3.77. The number of hydrogen-bond donors (Lipinski definition) is 1. The highest BCUT2D eigenvalue weighted by molar-refractivity contribution is 7.85. The lowest BCUT2D eigenvalue weighted by molar-refractivity contribution is -0.137. The van der Waals surface area contributed by atoms with Crippen molar-refractivity contribution in [3.05, 3.63) is 29.8 Å². The van der Waals surface area contributed by atoms with E-state index in [1.165, 1.54) is 12.1 Å². The lowest BCUT2D eigenvalue weighted by atomic mass is 10.2. The summed E-state index contributed by atoms with van der Waals surface area (Å²) < 4.78 is 49.8. The van der Waals surface area contributed by atoms with Crippen LogP contribution in [-0.2, 0) is 17.0 Å². The minimum atomic E-state index is -4.40. The van der Waals surface area contributed by atoms with Crippen molar-refractivity contribution in [3.8, 4) is 0 Å². The Balaban J connectivity index is 2.21. The Bertz CT molecular complexity index is 461. The standard InChI is InChI=1S/C12H14F3NOS/c13-12(14,15)8-2-1-3-10(6-8)18(17)11-5-4-9(16)7-11/h1-3,6,9,11H,4-5,7,16H2. The molecule has 0 amide bonds. The van der Waals surface area contributed by atoms with Crippen molar-refractivity contribution in [3.63, 3.8) is 0 Å². The lowest BCUT2D eigenvalue weighted by Crippen LogP contribution is -2.18. The Morgan fingerprint density at radius 2 is 2.00 bits per heavy atom. The van der Waals surface area contributed by atoms with Crippen molar-refractivity contribution in [2.24, 2.45) is 5.73 Å². The molecular weight excluding hydrogens is 263 g/mol. The van der Waals surface area contributed by atoms with E-state index < -0.39 is 22.5 Å². The minimum Gasteiger partial charge on any atom is -0.328 e. The van der Waals surface area contributed by atoms with Gasteiger partial charge in [0.1, 0.15) is 0 Å². The molecule has 2 rings (SSSR count). The number of rotatable bonds is 2. The average molecular weight is 277 g/mol. The van der Waals surface area contributed by atoms with Gasteiger partial charge in [0.2, 0.25) is 0 Å². The van der Waals surface area contributed by atoms with Gasteiger partial charge in [-0.3, -0.25) is 4.21 Å². The van der Waals surface area contributed by atoms with Crippen molar-refractivity contribution >= 4 is 10.8 Å². The molecule has 1 aromatic rings. The maximum atomic E-state index is 12.6. The molecule has 1 aromatic carbocycles. The van der Waals surface area contributed by atoms with Crippen LogP contribution in [0.15, 0.2) is 29.2 Å². The molecule has 18 heavy (non-hydrogen) atoms. The third-order valence-corrected chi connectivity index (χ3v) is 4.87. The van der Waals surface area contributed by atoms with Gasteiger partial charge in [-0.25, -0.2) is 0 Å². The SMILES string of the molecule is NC1CCC(S(=O)c2cccc(C(F)(F)F)c2)C1. The van der Waals surface area contributed by atoms with E-state index in [1.807, 2.05) is 0 Å². The second-order valence-corrected chi connectivity index (χ2v) is 6.25. The van der Waals surface area contributed by atoms with E-state index in [1.54, 1.807) is 0 Å². The van der Waals surface area contributed by atoms with E-state index in [0.29, 0.717) is 12.8 Å². The number of nitrogens with two attached hydrogens (primary N) is 1. The smallest absolute Gasteiger partial charge is 0.328 e. The average Bonchev–Trinajstić information content (AvgIpc) is 2.74. The molecule has 0 bridgehead atoms. The molecule has 1 aliphatic rings. The van der Waals surface area contributed by atoms with Crippen LogP contribution < -0.4 is 5.73 Å². The fraction of sp³-hybridized carbons (Fsp3) is 0.500. The number of halogens is 3. The quantitative estimate of drug-likeness (QED) is 0.903. The number of alkyl halides is 3. The summed E-state index contributed by atoms with van der Waals surface area (Å²) in [5, 5.41) is -0.122. The highest BCUT2D eigenvalue weighted by Gasteiger charge is 2.32. The zero-order valence-electron chi connectivity index (χ0n) is 9.61. The molecule has 3 unspecified atom stereocenters.